The molecule has 25 heavy (non-hydrogen) atoms. The SMILES string of the molecule is Cc1cccc(C(=O)OCC(=O)NCc2ccc3c(c2)OCO3)c1N. The van der Waals surface area contributed by atoms with Crippen LogP contribution in [0, 0.1) is 6.92 Å². The minimum atomic E-state index is -0.626. The van der Waals surface area contributed by atoms with Crippen molar-refractivity contribution >= 4 is 17.6 Å². The molecular weight excluding hydrogens is 324 g/mol. The molecular formula is C18H18N2O5. The van der Waals surface area contributed by atoms with Crippen molar-refractivity contribution in [1.82, 2.24) is 5.32 Å². The van der Waals surface area contributed by atoms with E-state index in [4.69, 9.17) is 19.9 Å². The lowest BCUT2D eigenvalue weighted by atomic mass is 10.1. The molecule has 1 heterocycles. The highest BCUT2D eigenvalue weighted by Gasteiger charge is 2.15. The molecule has 0 aromatic heterocycles. The molecule has 3 rings (SSSR count). The van der Waals surface area contributed by atoms with Crippen molar-refractivity contribution in [2.24, 2.45) is 0 Å². The Kier molecular flexibility index (Phi) is 4.74. The van der Waals surface area contributed by atoms with Crippen LogP contribution in [0.15, 0.2) is 36.4 Å². The Labute approximate surface area is 144 Å². The number of benzene rings is 2. The third-order valence-corrected chi connectivity index (χ3v) is 3.81. The second kappa shape index (κ2) is 7.12. The van der Waals surface area contributed by atoms with Gasteiger partial charge in [0.25, 0.3) is 5.91 Å². The van der Waals surface area contributed by atoms with Crippen LogP contribution in [0.1, 0.15) is 21.5 Å². The van der Waals surface area contributed by atoms with Crippen molar-refractivity contribution in [1.29, 1.82) is 0 Å². The maximum atomic E-state index is 12.0. The third-order valence-electron chi connectivity index (χ3n) is 3.81. The number of ether oxygens (including phenoxy) is 3. The van der Waals surface area contributed by atoms with Gasteiger partial charge < -0.3 is 25.3 Å². The second-order valence-electron chi connectivity index (χ2n) is 5.58. The molecule has 1 amide bonds. The van der Waals surface area contributed by atoms with Crippen molar-refractivity contribution in [2.45, 2.75) is 13.5 Å². The number of hydrogen-bond donors (Lipinski definition) is 2. The number of nitrogens with one attached hydrogen (secondary N) is 1. The van der Waals surface area contributed by atoms with Gasteiger partial charge in [-0.3, -0.25) is 4.79 Å². The molecule has 0 bridgehead atoms. The molecule has 2 aromatic carbocycles. The molecule has 1 aliphatic heterocycles. The number of amides is 1. The summed E-state index contributed by atoms with van der Waals surface area (Å²) in [6.07, 6.45) is 0. The van der Waals surface area contributed by atoms with Gasteiger partial charge in [0.05, 0.1) is 5.56 Å². The topological polar surface area (TPSA) is 99.9 Å². The lowest BCUT2D eigenvalue weighted by Gasteiger charge is -2.09. The fourth-order valence-corrected chi connectivity index (χ4v) is 2.37. The number of para-hydroxylation sites is 1. The van der Waals surface area contributed by atoms with Gasteiger partial charge in [-0.2, -0.15) is 0 Å². The summed E-state index contributed by atoms with van der Waals surface area (Å²) < 4.78 is 15.5. The first-order valence-electron chi connectivity index (χ1n) is 7.72. The van der Waals surface area contributed by atoms with E-state index in [1.54, 1.807) is 37.3 Å². The number of esters is 1. The molecule has 7 nitrogen and oxygen atoms in total. The Morgan fingerprint density at radius 3 is 2.84 bits per heavy atom. The maximum Gasteiger partial charge on any atom is 0.340 e. The molecule has 0 saturated heterocycles. The first-order chi connectivity index (χ1) is 12.0. The highest BCUT2D eigenvalue weighted by molar-refractivity contribution is 5.96. The summed E-state index contributed by atoms with van der Waals surface area (Å²) in [6, 6.07) is 10.5. The quantitative estimate of drug-likeness (QED) is 0.635. The van der Waals surface area contributed by atoms with Gasteiger partial charge in [-0.05, 0) is 36.2 Å². The lowest BCUT2D eigenvalue weighted by Crippen LogP contribution is -2.28. The number of nitrogens with two attached hydrogens (primary N) is 1. The number of carbonyl (C=O) groups excluding carboxylic acids is 2. The highest BCUT2D eigenvalue weighted by atomic mass is 16.7. The van der Waals surface area contributed by atoms with E-state index in [0.717, 1.165) is 11.1 Å². The van der Waals surface area contributed by atoms with Crippen LogP contribution >= 0.6 is 0 Å². The molecule has 0 unspecified atom stereocenters. The van der Waals surface area contributed by atoms with Gasteiger partial charge in [0, 0.05) is 12.2 Å². The molecule has 0 radical (unpaired) electrons. The fourth-order valence-electron chi connectivity index (χ4n) is 2.37. The summed E-state index contributed by atoms with van der Waals surface area (Å²) in [5, 5.41) is 2.68. The van der Waals surface area contributed by atoms with E-state index in [2.05, 4.69) is 5.32 Å². The minimum absolute atomic E-state index is 0.198. The molecule has 7 heteroatoms. The van der Waals surface area contributed by atoms with Gasteiger partial charge >= 0.3 is 5.97 Å². The van der Waals surface area contributed by atoms with Crippen molar-refractivity contribution < 1.29 is 23.8 Å². The van der Waals surface area contributed by atoms with Gasteiger partial charge in [-0.15, -0.1) is 0 Å². The van der Waals surface area contributed by atoms with E-state index >= 15 is 0 Å². The minimum Gasteiger partial charge on any atom is -0.454 e. The summed E-state index contributed by atoms with van der Waals surface area (Å²) in [4.78, 5) is 23.9. The van der Waals surface area contributed by atoms with Crippen LogP contribution in [-0.4, -0.2) is 25.3 Å². The first-order valence-corrected chi connectivity index (χ1v) is 7.72. The van der Waals surface area contributed by atoms with E-state index in [1.807, 2.05) is 6.07 Å². The molecule has 0 aliphatic carbocycles. The number of anilines is 1. The van der Waals surface area contributed by atoms with Crippen molar-refractivity contribution in [2.75, 3.05) is 19.1 Å². The van der Waals surface area contributed by atoms with Gasteiger partial charge in [0.2, 0.25) is 6.79 Å². The predicted octanol–water partition coefficient (Wildman–Crippen LogP) is 1.78. The Morgan fingerprint density at radius 2 is 2.00 bits per heavy atom. The second-order valence-corrected chi connectivity index (χ2v) is 5.58. The number of hydrogen-bond acceptors (Lipinski definition) is 6. The molecule has 0 spiro atoms. The van der Waals surface area contributed by atoms with E-state index in [-0.39, 0.29) is 19.0 Å². The summed E-state index contributed by atoms with van der Waals surface area (Å²) in [7, 11) is 0. The van der Waals surface area contributed by atoms with Crippen LogP contribution in [-0.2, 0) is 16.1 Å². The van der Waals surface area contributed by atoms with Gasteiger partial charge in [0.1, 0.15) is 0 Å². The Morgan fingerprint density at radius 1 is 1.20 bits per heavy atom. The number of nitrogen functional groups attached to an aromatic ring is 1. The van der Waals surface area contributed by atoms with Crippen LogP contribution in [0.25, 0.3) is 0 Å². The molecule has 0 fully saturated rings. The van der Waals surface area contributed by atoms with E-state index in [0.29, 0.717) is 23.7 Å². The predicted molar refractivity (Wildman–Crippen MR) is 90.3 cm³/mol. The molecule has 130 valence electrons. The van der Waals surface area contributed by atoms with E-state index in [9.17, 15) is 9.59 Å². The largest absolute Gasteiger partial charge is 0.454 e. The average Bonchev–Trinajstić information content (AvgIpc) is 3.08. The van der Waals surface area contributed by atoms with Gasteiger partial charge in [-0.1, -0.05) is 18.2 Å². The normalized spacial score (nSPS) is 11.9. The van der Waals surface area contributed by atoms with Gasteiger partial charge in [0.15, 0.2) is 18.1 Å². The van der Waals surface area contributed by atoms with Crippen molar-refractivity contribution in [3.8, 4) is 11.5 Å². The summed E-state index contributed by atoms with van der Waals surface area (Å²) in [6.45, 7) is 1.91. The molecule has 0 saturated carbocycles. The third kappa shape index (κ3) is 3.82. The van der Waals surface area contributed by atoms with Crippen LogP contribution in [0.2, 0.25) is 0 Å². The monoisotopic (exact) mass is 342 g/mol. The van der Waals surface area contributed by atoms with Crippen LogP contribution in [0.4, 0.5) is 5.69 Å². The van der Waals surface area contributed by atoms with Crippen LogP contribution in [0.3, 0.4) is 0 Å². The fraction of sp³-hybridized carbons (Fsp3) is 0.222. The first kappa shape index (κ1) is 16.6. The summed E-state index contributed by atoms with van der Waals surface area (Å²) in [5.41, 5.74) is 8.09. The maximum absolute atomic E-state index is 12.0. The molecule has 3 N–H and O–H groups in total. The van der Waals surface area contributed by atoms with Crippen LogP contribution < -0.4 is 20.5 Å². The highest BCUT2D eigenvalue weighted by Crippen LogP contribution is 2.32. The van der Waals surface area contributed by atoms with E-state index < -0.39 is 11.9 Å². The van der Waals surface area contributed by atoms with E-state index in [1.165, 1.54) is 0 Å². The molecule has 2 aromatic rings. The Bertz CT molecular complexity index is 819. The average molecular weight is 342 g/mol. The number of rotatable bonds is 5. The smallest absolute Gasteiger partial charge is 0.340 e. The number of carbonyl (C=O) groups is 2. The summed E-state index contributed by atoms with van der Waals surface area (Å²) >= 11 is 0. The lowest BCUT2D eigenvalue weighted by molar-refractivity contribution is -0.124. The number of fused-ring (bicyclic) bond motifs is 1. The summed E-state index contributed by atoms with van der Waals surface area (Å²) in [5.74, 6) is 0.296. The number of aryl methyl sites for hydroxylation is 1. The van der Waals surface area contributed by atoms with Crippen molar-refractivity contribution in [3.63, 3.8) is 0 Å². The van der Waals surface area contributed by atoms with Crippen LogP contribution in [0.5, 0.6) is 11.5 Å². The molecule has 0 atom stereocenters. The Balaban J connectivity index is 1.49. The van der Waals surface area contributed by atoms with Crippen molar-refractivity contribution in [3.05, 3.63) is 53.1 Å². The zero-order valence-electron chi connectivity index (χ0n) is 13.7. The zero-order valence-corrected chi connectivity index (χ0v) is 13.7. The van der Waals surface area contributed by atoms with Gasteiger partial charge in [-0.25, -0.2) is 4.79 Å². The standard InChI is InChI=1S/C18H18N2O5/c1-11-3-2-4-13(17(11)19)18(22)23-9-16(21)20-8-12-5-6-14-15(7-12)25-10-24-14/h2-7H,8-10,19H2,1H3,(H,20,21). The molecule has 1 aliphatic rings. The Hall–Kier alpha value is -3.22. The zero-order chi connectivity index (χ0) is 17.8.